The molecule has 0 saturated carbocycles. The third-order valence-electron chi connectivity index (χ3n) is 9.62. The van der Waals surface area contributed by atoms with Gasteiger partial charge in [-0.15, -0.1) is 0 Å². The maximum Gasteiger partial charge on any atom is 0.360 e. The Hall–Kier alpha value is -4.88. The number of nitrogens with zero attached hydrogens (tertiary/aromatic N) is 2. The summed E-state index contributed by atoms with van der Waals surface area (Å²) < 4.78 is 34.1. The van der Waals surface area contributed by atoms with Gasteiger partial charge in [0.05, 0.1) is 24.7 Å². The summed E-state index contributed by atoms with van der Waals surface area (Å²) in [6, 6.07) is 0. The van der Waals surface area contributed by atoms with Crippen molar-refractivity contribution in [1.29, 1.82) is 0 Å². The van der Waals surface area contributed by atoms with E-state index < -0.39 is 53.3 Å². The fraction of sp³-hybridized carbons (Fsp3) is 0.442. The van der Waals surface area contributed by atoms with Gasteiger partial charge in [0, 0.05) is 30.4 Å². The lowest BCUT2D eigenvalue weighted by Gasteiger charge is -2.36. The lowest BCUT2D eigenvalue weighted by atomic mass is 9.79. The van der Waals surface area contributed by atoms with Crippen molar-refractivity contribution < 1.29 is 47.6 Å². The first kappa shape index (κ1) is 42.9. The molecule has 2 aliphatic heterocycles. The van der Waals surface area contributed by atoms with Crippen LogP contribution in [0.5, 0.6) is 0 Å². The van der Waals surface area contributed by atoms with E-state index in [1.54, 1.807) is 49.6 Å². The van der Waals surface area contributed by atoms with Gasteiger partial charge in [0.1, 0.15) is 36.9 Å². The van der Waals surface area contributed by atoms with Crippen LogP contribution in [0.3, 0.4) is 0 Å². The Morgan fingerprint density at radius 3 is 2.31 bits per heavy atom. The van der Waals surface area contributed by atoms with E-state index in [2.05, 4.69) is 9.97 Å². The van der Waals surface area contributed by atoms with Gasteiger partial charge in [0.25, 0.3) is 0 Å². The number of hydrogen-bond acceptors (Lipinski definition) is 12. The van der Waals surface area contributed by atoms with Crippen molar-refractivity contribution in [3.05, 3.63) is 127 Å². The predicted octanol–water partition coefficient (Wildman–Crippen LogP) is 7.25. The van der Waals surface area contributed by atoms with Gasteiger partial charge in [-0.25, -0.2) is 19.6 Å². The number of aliphatic hydroxyl groups excluding tert-OH is 2. The van der Waals surface area contributed by atoms with Crippen LogP contribution in [-0.2, 0) is 25.4 Å². The van der Waals surface area contributed by atoms with Crippen LogP contribution in [0.15, 0.2) is 113 Å². The number of hydrogen-bond donors (Lipinski definition) is 2. The van der Waals surface area contributed by atoms with Gasteiger partial charge in [-0.2, -0.15) is 0 Å². The molecular formula is C43H54N2O10. The minimum Gasteiger partial charge on any atom is -0.457 e. The molecule has 0 amide bonds. The Balaban J connectivity index is 1.56. The zero-order chi connectivity index (χ0) is 40.0. The average Bonchev–Trinajstić information content (AvgIpc) is 3.47. The third kappa shape index (κ3) is 12.3. The molecule has 0 radical (unpaired) electrons. The van der Waals surface area contributed by atoms with E-state index in [9.17, 15) is 19.8 Å². The first-order chi connectivity index (χ1) is 26.3. The first-order valence-electron chi connectivity index (χ1n) is 18.4. The number of oxazole rings is 2. The Kier molecular flexibility index (Phi) is 15.7. The normalized spacial score (nSPS) is 26.6. The highest BCUT2D eigenvalue weighted by atomic mass is 16.6. The summed E-state index contributed by atoms with van der Waals surface area (Å²) >= 11 is 0. The number of cyclic esters (lactones) is 2. The van der Waals surface area contributed by atoms with Crippen LogP contribution >= 0.6 is 0 Å². The van der Waals surface area contributed by atoms with Crippen molar-refractivity contribution in [3.63, 3.8) is 0 Å². The highest BCUT2D eigenvalue weighted by Crippen LogP contribution is 2.34. The van der Waals surface area contributed by atoms with Crippen molar-refractivity contribution in [2.45, 2.75) is 104 Å². The second-order valence-corrected chi connectivity index (χ2v) is 14.5. The number of ether oxygens (including phenoxy) is 4. The SMILES string of the molecule is CC=C[C@H](O)C(C)(C)[C@@H]1CC=CC=CC=C[C@H](OC)Cc2nc(co2)C(=O)O[C@H](C=CC)C(C)(C)[C@@H](O)CC=C[C@@H]2O[C@@H]2C=CC=Cc2nc(co2)C(=O)O1. The molecule has 4 heterocycles. The summed E-state index contributed by atoms with van der Waals surface area (Å²) in [5.74, 6) is -0.830. The van der Waals surface area contributed by atoms with Crippen LogP contribution in [0.25, 0.3) is 6.08 Å². The van der Waals surface area contributed by atoms with E-state index >= 15 is 0 Å². The van der Waals surface area contributed by atoms with Gasteiger partial charge in [0.2, 0.25) is 5.89 Å². The lowest BCUT2D eigenvalue weighted by molar-refractivity contribution is -0.0457. The van der Waals surface area contributed by atoms with Crippen LogP contribution in [0, 0.1) is 10.8 Å². The Bertz CT molecular complexity index is 1800. The number of epoxide rings is 1. The van der Waals surface area contributed by atoms with Gasteiger partial charge in [-0.3, -0.25) is 0 Å². The summed E-state index contributed by atoms with van der Waals surface area (Å²) in [4.78, 5) is 35.0. The zero-order valence-electron chi connectivity index (χ0n) is 32.6. The van der Waals surface area contributed by atoms with Crippen LogP contribution in [-0.4, -0.2) is 82.0 Å². The molecule has 4 bridgehead atoms. The number of aromatic nitrogens is 2. The molecule has 7 atom stereocenters. The van der Waals surface area contributed by atoms with Gasteiger partial charge in [-0.1, -0.05) is 113 Å². The smallest absolute Gasteiger partial charge is 0.360 e. The lowest BCUT2D eigenvalue weighted by Crippen LogP contribution is -2.42. The van der Waals surface area contributed by atoms with E-state index in [0.29, 0.717) is 18.7 Å². The van der Waals surface area contributed by atoms with E-state index in [4.69, 9.17) is 27.8 Å². The molecule has 0 spiro atoms. The number of rotatable bonds is 5. The van der Waals surface area contributed by atoms with Crippen LogP contribution in [0.1, 0.15) is 87.1 Å². The van der Waals surface area contributed by atoms with Gasteiger partial charge >= 0.3 is 11.9 Å². The average molecular weight is 759 g/mol. The summed E-state index contributed by atoms with van der Waals surface area (Å²) in [6.45, 7) is 11.0. The number of esters is 2. The second kappa shape index (κ2) is 20.2. The maximum absolute atomic E-state index is 13.2. The molecule has 2 N–H and O–H groups in total. The van der Waals surface area contributed by atoms with Gasteiger partial charge in [0.15, 0.2) is 17.3 Å². The summed E-state index contributed by atoms with van der Waals surface area (Å²) in [5, 5.41) is 22.1. The van der Waals surface area contributed by atoms with Gasteiger partial charge < -0.3 is 38.0 Å². The van der Waals surface area contributed by atoms with E-state index in [-0.39, 0.29) is 35.9 Å². The van der Waals surface area contributed by atoms with E-state index in [1.807, 2.05) is 96.2 Å². The number of methoxy groups -OCH3 is 1. The molecule has 12 nitrogen and oxygen atoms in total. The van der Waals surface area contributed by atoms with Crippen LogP contribution in [0.2, 0.25) is 0 Å². The van der Waals surface area contributed by atoms with Crippen LogP contribution < -0.4 is 0 Å². The Morgan fingerprint density at radius 2 is 1.56 bits per heavy atom. The van der Waals surface area contributed by atoms with Crippen molar-refractivity contribution in [3.8, 4) is 0 Å². The highest BCUT2D eigenvalue weighted by Gasteiger charge is 2.39. The number of fused-ring (bicyclic) bond motifs is 5. The summed E-state index contributed by atoms with van der Waals surface area (Å²) in [7, 11) is 1.56. The maximum atomic E-state index is 13.2. The van der Waals surface area contributed by atoms with E-state index in [0.717, 1.165) is 0 Å². The second-order valence-electron chi connectivity index (χ2n) is 14.5. The summed E-state index contributed by atoms with van der Waals surface area (Å²) in [5.41, 5.74) is -1.66. The van der Waals surface area contributed by atoms with Crippen molar-refractivity contribution >= 4 is 18.0 Å². The molecule has 2 aliphatic rings. The molecule has 0 aliphatic carbocycles. The monoisotopic (exact) mass is 758 g/mol. The highest BCUT2D eigenvalue weighted by molar-refractivity contribution is 5.87. The number of allylic oxidation sites excluding steroid dienone is 8. The van der Waals surface area contributed by atoms with E-state index in [1.165, 1.54) is 12.5 Å². The Labute approximate surface area is 323 Å². The minimum absolute atomic E-state index is 0.00918. The van der Waals surface area contributed by atoms with Crippen molar-refractivity contribution in [1.82, 2.24) is 9.97 Å². The number of carbonyl (C=O) groups excluding carboxylic acids is 2. The molecular weight excluding hydrogens is 704 g/mol. The molecule has 0 unspecified atom stereocenters. The third-order valence-corrected chi connectivity index (χ3v) is 9.62. The topological polar surface area (TPSA) is 167 Å². The van der Waals surface area contributed by atoms with Crippen molar-refractivity contribution in [2.75, 3.05) is 7.11 Å². The molecule has 12 heteroatoms. The molecule has 1 fully saturated rings. The first-order valence-corrected chi connectivity index (χ1v) is 18.4. The fourth-order valence-corrected chi connectivity index (χ4v) is 5.65. The minimum atomic E-state index is -0.877. The zero-order valence-corrected chi connectivity index (χ0v) is 32.6. The molecule has 55 heavy (non-hydrogen) atoms. The molecule has 296 valence electrons. The number of carbonyl (C=O) groups is 2. The summed E-state index contributed by atoms with van der Waals surface area (Å²) in [6.07, 6.45) is 28.1. The molecule has 0 aromatic carbocycles. The molecule has 2 aromatic heterocycles. The predicted molar refractivity (Wildman–Crippen MR) is 208 cm³/mol. The standard InChI is InChI=1S/C43H54N2O10/c1-8-18-34(46)42(3,4)37-24-14-12-10-11-13-20-29(50-7)26-39-45-31(28-52-39)41(49)54-36(19-9-2)43(5,6)35(47)23-17-22-33-32(53-33)21-15-16-25-38-44-30(27-51-38)40(48)55-37/h8-22,25,27-29,32-37,46-47H,23-24,26H2,1-7H3/t29-,32+,33-,34-,35-,36+,37-/m0/s1. The number of aliphatic hydroxyl groups is 2. The van der Waals surface area contributed by atoms with Crippen LogP contribution in [0.4, 0.5) is 0 Å². The molecule has 2 aromatic rings. The quantitative estimate of drug-likeness (QED) is 0.178. The molecule has 4 rings (SSSR count). The fourth-order valence-electron chi connectivity index (χ4n) is 5.65. The Morgan fingerprint density at radius 1 is 0.873 bits per heavy atom. The largest absolute Gasteiger partial charge is 0.457 e. The van der Waals surface area contributed by atoms with Gasteiger partial charge in [-0.05, 0) is 26.3 Å². The van der Waals surface area contributed by atoms with Crippen molar-refractivity contribution in [2.24, 2.45) is 10.8 Å². The molecule has 1 saturated heterocycles.